The van der Waals surface area contributed by atoms with Crippen molar-refractivity contribution < 1.29 is 19.5 Å². The van der Waals surface area contributed by atoms with Crippen molar-refractivity contribution in [3.63, 3.8) is 0 Å². The first-order chi connectivity index (χ1) is 26.8. The normalized spacial score (nSPS) is 17.3. The summed E-state index contributed by atoms with van der Waals surface area (Å²) < 4.78 is 0. The van der Waals surface area contributed by atoms with Gasteiger partial charge in [0, 0.05) is 20.1 Å². The molecule has 3 N–H and O–H groups in total. The van der Waals surface area contributed by atoms with Crippen LogP contribution in [0.25, 0.3) is 33.6 Å². The Labute approximate surface area is 319 Å². The largest absolute Gasteiger partial charge is 0.465 e. The molecule has 3 atom stereocenters. The molecule has 2 aliphatic heterocycles. The van der Waals surface area contributed by atoms with Crippen molar-refractivity contribution in [2.45, 2.75) is 50.2 Å². The van der Waals surface area contributed by atoms with Crippen molar-refractivity contribution in [2.24, 2.45) is 0 Å². The van der Waals surface area contributed by atoms with Crippen LogP contribution in [-0.2, 0) is 16.0 Å². The number of hydrogen-bond acceptors (Lipinski definition) is 5. The van der Waals surface area contributed by atoms with Crippen molar-refractivity contribution >= 4 is 17.9 Å². The summed E-state index contributed by atoms with van der Waals surface area (Å²) in [6.07, 6.45) is 6.26. The molecule has 6 aromatic rings. The van der Waals surface area contributed by atoms with E-state index >= 15 is 0 Å². The van der Waals surface area contributed by atoms with Crippen LogP contribution in [0.2, 0.25) is 0 Å². The first-order valence-corrected chi connectivity index (χ1v) is 18.8. The van der Waals surface area contributed by atoms with Gasteiger partial charge in [0.2, 0.25) is 5.91 Å². The summed E-state index contributed by atoms with van der Waals surface area (Å²) in [5.41, 5.74) is 7.55. The van der Waals surface area contributed by atoms with Crippen LogP contribution in [0.5, 0.6) is 0 Å². The van der Waals surface area contributed by atoms with Crippen molar-refractivity contribution in [3.05, 3.63) is 144 Å². The Morgan fingerprint density at radius 2 is 1.16 bits per heavy atom. The van der Waals surface area contributed by atoms with Crippen LogP contribution in [0.4, 0.5) is 4.79 Å². The molecule has 0 aliphatic carbocycles. The summed E-state index contributed by atoms with van der Waals surface area (Å²) >= 11 is 0. The minimum absolute atomic E-state index is 0.0499. The maximum Gasteiger partial charge on any atom is 0.407 e. The van der Waals surface area contributed by atoms with E-state index in [1.807, 2.05) is 59.6 Å². The van der Waals surface area contributed by atoms with Gasteiger partial charge in [0.1, 0.15) is 17.7 Å². The predicted octanol–water partition coefficient (Wildman–Crippen LogP) is 8.05. The zero-order chi connectivity index (χ0) is 37.9. The molecule has 0 bridgehead atoms. The van der Waals surface area contributed by atoms with Crippen LogP contribution < -0.4 is 0 Å². The number of amides is 3. The SMILES string of the molecule is CN(C(=O)O)[C@@H](C(=O)N1CCC[C@H]1c1ncc(-c2ccc(-c3ccc(-c4cnc([C@@H]5CCCN5C(=O)Cc5ccccc5)[nH]4)cc3)cc2)[nH]1)c1ccccc1. The molecular weight excluding hydrogens is 691 g/mol. The molecule has 11 nitrogen and oxygen atoms in total. The van der Waals surface area contributed by atoms with E-state index in [2.05, 4.69) is 63.5 Å². The fourth-order valence-electron chi connectivity index (χ4n) is 7.96. The zero-order valence-electron chi connectivity index (χ0n) is 30.6. The van der Waals surface area contributed by atoms with Gasteiger partial charge >= 0.3 is 6.09 Å². The highest BCUT2D eigenvalue weighted by Crippen LogP contribution is 2.36. The minimum Gasteiger partial charge on any atom is -0.465 e. The number of aromatic amines is 2. The minimum atomic E-state index is -1.16. The lowest BCUT2D eigenvalue weighted by Gasteiger charge is -2.32. The average Bonchev–Trinajstić information content (AvgIpc) is 4.06. The van der Waals surface area contributed by atoms with Gasteiger partial charge in [-0.2, -0.15) is 0 Å². The van der Waals surface area contributed by atoms with E-state index in [0.717, 1.165) is 82.2 Å². The van der Waals surface area contributed by atoms with Crippen LogP contribution in [0.1, 0.15) is 66.6 Å². The second-order valence-corrected chi connectivity index (χ2v) is 14.3. The smallest absolute Gasteiger partial charge is 0.407 e. The molecule has 0 unspecified atom stereocenters. The molecule has 55 heavy (non-hydrogen) atoms. The van der Waals surface area contributed by atoms with Gasteiger partial charge in [-0.15, -0.1) is 0 Å². The number of carbonyl (C=O) groups is 3. The number of nitrogens with one attached hydrogen (secondary N) is 2. The van der Waals surface area contributed by atoms with Gasteiger partial charge in [-0.05, 0) is 59.1 Å². The van der Waals surface area contributed by atoms with Gasteiger partial charge in [-0.3, -0.25) is 14.5 Å². The number of H-pyrrole nitrogens is 2. The lowest BCUT2D eigenvalue weighted by molar-refractivity contribution is -0.137. The second-order valence-electron chi connectivity index (χ2n) is 14.3. The molecule has 4 aromatic carbocycles. The molecule has 2 fully saturated rings. The standard InChI is InChI=1S/C44H43N7O4/c1-49(44(54)55)40(34-12-6-3-7-13-34)43(53)51-25-9-15-38(51)42-46-28-36(48-42)33-22-18-31(19-23-33)30-16-20-32(21-17-30)35-27-45-41(47-35)37-14-8-24-50(37)39(52)26-29-10-4-2-5-11-29/h2-7,10-13,16-23,27-28,37-38,40H,8-9,14-15,24-26H2,1H3,(H,45,47)(H,46,48)(H,54,55)/t37-,38-,40+/m0/s1. The van der Waals surface area contributed by atoms with E-state index in [1.54, 1.807) is 23.2 Å². The van der Waals surface area contributed by atoms with Gasteiger partial charge in [0.15, 0.2) is 0 Å². The third-order valence-electron chi connectivity index (χ3n) is 10.9. The molecule has 8 rings (SSSR count). The predicted molar refractivity (Wildman–Crippen MR) is 210 cm³/mol. The Morgan fingerprint density at radius 1 is 0.691 bits per heavy atom. The van der Waals surface area contributed by atoms with E-state index < -0.39 is 12.1 Å². The summed E-state index contributed by atoms with van der Waals surface area (Å²) in [6, 6.07) is 34.3. The van der Waals surface area contributed by atoms with Crippen LogP contribution in [-0.4, -0.2) is 77.8 Å². The van der Waals surface area contributed by atoms with E-state index in [4.69, 9.17) is 4.98 Å². The number of aromatic nitrogens is 4. The number of likely N-dealkylation sites (tertiary alicyclic amines) is 2. The summed E-state index contributed by atoms with van der Waals surface area (Å²) in [5, 5.41) is 9.78. The highest BCUT2D eigenvalue weighted by molar-refractivity contribution is 5.87. The van der Waals surface area contributed by atoms with Gasteiger partial charge in [-0.1, -0.05) is 109 Å². The highest BCUT2D eigenvalue weighted by atomic mass is 16.4. The molecule has 11 heteroatoms. The van der Waals surface area contributed by atoms with Crippen LogP contribution in [0, 0.1) is 0 Å². The molecule has 278 valence electrons. The van der Waals surface area contributed by atoms with Gasteiger partial charge < -0.3 is 24.9 Å². The lowest BCUT2D eigenvalue weighted by Crippen LogP contribution is -2.43. The number of hydrogen-bond donors (Lipinski definition) is 3. The van der Waals surface area contributed by atoms with E-state index in [1.165, 1.54) is 7.05 Å². The maximum absolute atomic E-state index is 13.9. The number of imidazole rings is 2. The molecule has 4 heterocycles. The molecular formula is C44H43N7O4. The molecule has 2 saturated heterocycles. The number of carboxylic acid groups (broad SMARTS) is 1. The van der Waals surface area contributed by atoms with Crippen LogP contribution in [0.3, 0.4) is 0 Å². The summed E-state index contributed by atoms with van der Waals surface area (Å²) in [5.74, 6) is 1.38. The number of likely N-dealkylation sites (N-methyl/N-ethyl adjacent to an activating group) is 1. The number of benzene rings is 4. The molecule has 2 aliphatic rings. The van der Waals surface area contributed by atoms with E-state index in [9.17, 15) is 19.5 Å². The van der Waals surface area contributed by atoms with Gasteiger partial charge in [0.25, 0.3) is 5.91 Å². The Bertz CT molecular complexity index is 2270. The van der Waals surface area contributed by atoms with Gasteiger partial charge in [-0.25, -0.2) is 14.8 Å². The fourth-order valence-corrected chi connectivity index (χ4v) is 7.96. The number of carbonyl (C=O) groups excluding carboxylic acids is 2. The van der Waals surface area contributed by atoms with Crippen LogP contribution >= 0.6 is 0 Å². The third-order valence-corrected chi connectivity index (χ3v) is 10.9. The monoisotopic (exact) mass is 733 g/mol. The maximum atomic E-state index is 13.9. The summed E-state index contributed by atoms with van der Waals surface area (Å²) in [7, 11) is 1.43. The Kier molecular flexibility index (Phi) is 9.99. The van der Waals surface area contributed by atoms with Crippen molar-refractivity contribution in [2.75, 3.05) is 20.1 Å². The van der Waals surface area contributed by atoms with Crippen molar-refractivity contribution in [1.29, 1.82) is 0 Å². The van der Waals surface area contributed by atoms with Crippen LogP contribution in [0.15, 0.2) is 122 Å². The quantitative estimate of drug-likeness (QED) is 0.130. The zero-order valence-corrected chi connectivity index (χ0v) is 30.6. The van der Waals surface area contributed by atoms with Crippen molar-refractivity contribution in [3.8, 4) is 33.6 Å². The molecule has 0 saturated carbocycles. The number of rotatable bonds is 10. The highest BCUT2D eigenvalue weighted by Gasteiger charge is 2.39. The molecule has 2 aromatic heterocycles. The lowest BCUT2D eigenvalue weighted by atomic mass is 10.0. The topological polar surface area (TPSA) is 139 Å². The third kappa shape index (κ3) is 7.37. The number of nitrogens with zero attached hydrogens (tertiary/aromatic N) is 5. The molecule has 3 amide bonds. The van der Waals surface area contributed by atoms with E-state index in [0.29, 0.717) is 24.4 Å². The molecule has 0 spiro atoms. The Hall–Kier alpha value is -6.49. The second kappa shape index (κ2) is 15.5. The van der Waals surface area contributed by atoms with Crippen molar-refractivity contribution in [1.82, 2.24) is 34.6 Å². The first-order valence-electron chi connectivity index (χ1n) is 18.8. The Morgan fingerprint density at radius 3 is 1.69 bits per heavy atom. The Balaban J connectivity index is 0.927. The average molecular weight is 734 g/mol. The summed E-state index contributed by atoms with van der Waals surface area (Å²) in [6.45, 7) is 1.27. The first kappa shape index (κ1) is 35.5. The van der Waals surface area contributed by atoms with E-state index in [-0.39, 0.29) is 23.9 Å². The molecule has 0 radical (unpaired) electrons. The summed E-state index contributed by atoms with van der Waals surface area (Å²) in [4.78, 5) is 60.2. The van der Waals surface area contributed by atoms with Gasteiger partial charge in [0.05, 0.1) is 42.3 Å². The fraction of sp³-hybridized carbons (Fsp3) is 0.250.